The molecule has 0 bridgehead atoms. The Morgan fingerprint density at radius 3 is 2.82 bits per heavy atom. The van der Waals surface area contributed by atoms with Gasteiger partial charge in [-0.2, -0.15) is 0 Å². The standard InChI is InChI=1S/C9H12IN/c1-6-9(10)4-8(5-11-6)7-2-3-7/h4-7,11H,2-3H2,1H3/t6-/m0/s1. The van der Waals surface area contributed by atoms with Crippen molar-refractivity contribution in [2.45, 2.75) is 25.8 Å². The van der Waals surface area contributed by atoms with E-state index in [9.17, 15) is 0 Å². The molecular weight excluding hydrogens is 249 g/mol. The van der Waals surface area contributed by atoms with Gasteiger partial charge in [0.05, 0.1) is 6.04 Å². The maximum Gasteiger partial charge on any atom is 0.0537 e. The smallest absolute Gasteiger partial charge is 0.0537 e. The Hall–Kier alpha value is 0.01000. The maximum atomic E-state index is 3.37. The Morgan fingerprint density at radius 2 is 2.27 bits per heavy atom. The molecule has 1 saturated carbocycles. The first-order valence-corrected chi connectivity index (χ1v) is 5.18. The molecule has 1 N–H and O–H groups in total. The molecule has 0 radical (unpaired) electrons. The molecule has 60 valence electrons. The third-order valence-corrected chi connectivity index (χ3v) is 3.51. The van der Waals surface area contributed by atoms with Crippen molar-refractivity contribution in [3.05, 3.63) is 21.4 Å². The molecule has 1 aliphatic heterocycles. The van der Waals surface area contributed by atoms with Crippen molar-refractivity contribution in [3.63, 3.8) is 0 Å². The highest BCUT2D eigenvalue weighted by atomic mass is 127. The molecule has 1 fully saturated rings. The van der Waals surface area contributed by atoms with Gasteiger partial charge in [0, 0.05) is 9.78 Å². The first kappa shape index (κ1) is 7.65. The number of halogens is 1. The Balaban J connectivity index is 2.13. The van der Waals surface area contributed by atoms with Gasteiger partial charge in [-0.05, 0) is 59.9 Å². The van der Waals surface area contributed by atoms with Crippen LogP contribution in [-0.2, 0) is 0 Å². The van der Waals surface area contributed by atoms with Crippen molar-refractivity contribution in [3.8, 4) is 0 Å². The predicted octanol–water partition coefficient (Wildman–Crippen LogP) is 2.59. The zero-order valence-corrected chi connectivity index (χ0v) is 8.76. The Bertz CT molecular complexity index is 226. The summed E-state index contributed by atoms with van der Waals surface area (Å²) in [6, 6.07) is 0.526. The fourth-order valence-electron chi connectivity index (χ4n) is 1.28. The van der Waals surface area contributed by atoms with Gasteiger partial charge in [-0.3, -0.25) is 0 Å². The van der Waals surface area contributed by atoms with Crippen LogP contribution in [0.1, 0.15) is 19.8 Å². The second kappa shape index (κ2) is 2.81. The van der Waals surface area contributed by atoms with E-state index < -0.39 is 0 Å². The van der Waals surface area contributed by atoms with Gasteiger partial charge in [0.25, 0.3) is 0 Å². The lowest BCUT2D eigenvalue weighted by Gasteiger charge is -2.18. The minimum absolute atomic E-state index is 0.526. The zero-order valence-electron chi connectivity index (χ0n) is 6.60. The third kappa shape index (κ3) is 1.60. The monoisotopic (exact) mass is 261 g/mol. The molecule has 11 heavy (non-hydrogen) atoms. The van der Waals surface area contributed by atoms with Crippen LogP contribution in [0.4, 0.5) is 0 Å². The van der Waals surface area contributed by atoms with Crippen LogP contribution in [0.3, 0.4) is 0 Å². The van der Waals surface area contributed by atoms with Gasteiger partial charge in [-0.15, -0.1) is 0 Å². The molecule has 0 spiro atoms. The average Bonchev–Trinajstić information content (AvgIpc) is 2.77. The van der Waals surface area contributed by atoms with E-state index in [1.807, 2.05) is 0 Å². The van der Waals surface area contributed by atoms with Crippen LogP contribution in [0.5, 0.6) is 0 Å². The fraction of sp³-hybridized carbons (Fsp3) is 0.556. The van der Waals surface area contributed by atoms with Crippen LogP contribution in [0, 0.1) is 5.92 Å². The van der Waals surface area contributed by atoms with Crippen molar-refractivity contribution in [1.82, 2.24) is 5.32 Å². The topological polar surface area (TPSA) is 12.0 Å². The molecule has 0 aromatic rings. The zero-order chi connectivity index (χ0) is 7.84. The van der Waals surface area contributed by atoms with Gasteiger partial charge in [0.1, 0.15) is 0 Å². The minimum Gasteiger partial charge on any atom is -0.384 e. The third-order valence-electron chi connectivity index (χ3n) is 2.27. The summed E-state index contributed by atoms with van der Waals surface area (Å²) in [4.78, 5) is 0. The normalized spacial score (nSPS) is 30.5. The lowest BCUT2D eigenvalue weighted by molar-refractivity contribution is 0.738. The first-order valence-electron chi connectivity index (χ1n) is 4.10. The largest absolute Gasteiger partial charge is 0.384 e. The van der Waals surface area contributed by atoms with Gasteiger partial charge in [0.2, 0.25) is 0 Å². The van der Waals surface area contributed by atoms with E-state index in [-0.39, 0.29) is 0 Å². The van der Waals surface area contributed by atoms with Crippen LogP contribution >= 0.6 is 22.6 Å². The average molecular weight is 261 g/mol. The van der Waals surface area contributed by atoms with Crippen molar-refractivity contribution < 1.29 is 0 Å². The van der Waals surface area contributed by atoms with Gasteiger partial charge in [0.15, 0.2) is 0 Å². The molecule has 2 heteroatoms. The molecule has 1 nitrogen and oxygen atoms in total. The molecule has 0 amide bonds. The summed E-state index contributed by atoms with van der Waals surface area (Å²) < 4.78 is 1.44. The van der Waals surface area contributed by atoms with Crippen molar-refractivity contribution in [1.29, 1.82) is 0 Å². The van der Waals surface area contributed by atoms with E-state index in [2.05, 4.69) is 47.1 Å². The SMILES string of the molecule is C[C@@H]1NC=C(C2CC2)C=C1I. The van der Waals surface area contributed by atoms with Crippen molar-refractivity contribution >= 4 is 22.6 Å². The van der Waals surface area contributed by atoms with Gasteiger partial charge in [-0.25, -0.2) is 0 Å². The molecule has 0 unspecified atom stereocenters. The van der Waals surface area contributed by atoms with E-state index in [0.29, 0.717) is 6.04 Å². The number of rotatable bonds is 1. The Morgan fingerprint density at radius 1 is 1.55 bits per heavy atom. The summed E-state index contributed by atoms with van der Waals surface area (Å²) in [7, 11) is 0. The van der Waals surface area contributed by atoms with Gasteiger partial charge >= 0.3 is 0 Å². The maximum absolute atomic E-state index is 3.37. The molecule has 2 rings (SSSR count). The lowest BCUT2D eigenvalue weighted by Crippen LogP contribution is -2.24. The number of hydrogen-bond donors (Lipinski definition) is 1. The first-order chi connectivity index (χ1) is 5.27. The fourth-order valence-corrected chi connectivity index (χ4v) is 1.82. The van der Waals surface area contributed by atoms with E-state index in [4.69, 9.17) is 0 Å². The van der Waals surface area contributed by atoms with Crippen LogP contribution in [-0.4, -0.2) is 6.04 Å². The van der Waals surface area contributed by atoms with Crippen LogP contribution in [0.15, 0.2) is 21.4 Å². The van der Waals surface area contributed by atoms with E-state index in [0.717, 1.165) is 5.92 Å². The second-order valence-corrected chi connectivity index (χ2v) is 4.58. The van der Waals surface area contributed by atoms with Gasteiger partial charge in [-0.1, -0.05) is 0 Å². The molecule has 0 saturated heterocycles. The van der Waals surface area contributed by atoms with Gasteiger partial charge < -0.3 is 5.32 Å². The minimum atomic E-state index is 0.526. The molecule has 0 aromatic heterocycles. The molecule has 2 aliphatic rings. The molecule has 1 atom stereocenters. The number of dihydropyridines is 1. The van der Waals surface area contributed by atoms with E-state index >= 15 is 0 Å². The number of allylic oxidation sites excluding steroid dienone is 2. The second-order valence-electron chi connectivity index (χ2n) is 3.34. The van der Waals surface area contributed by atoms with Crippen LogP contribution in [0.2, 0.25) is 0 Å². The molecule has 1 heterocycles. The summed E-state index contributed by atoms with van der Waals surface area (Å²) in [5.74, 6) is 0.875. The summed E-state index contributed by atoms with van der Waals surface area (Å²) in [6.07, 6.45) is 7.30. The Kier molecular flexibility index (Phi) is 1.95. The van der Waals surface area contributed by atoms with Crippen LogP contribution in [0.25, 0.3) is 0 Å². The summed E-state index contributed by atoms with van der Waals surface area (Å²) in [6.45, 7) is 2.19. The highest BCUT2D eigenvalue weighted by Crippen LogP contribution is 2.39. The van der Waals surface area contributed by atoms with E-state index in [1.54, 1.807) is 0 Å². The molecular formula is C9H12IN. The molecule has 1 aliphatic carbocycles. The number of nitrogens with one attached hydrogen (secondary N) is 1. The van der Waals surface area contributed by atoms with Crippen molar-refractivity contribution in [2.24, 2.45) is 5.92 Å². The van der Waals surface area contributed by atoms with E-state index in [1.165, 1.54) is 22.0 Å². The van der Waals surface area contributed by atoms with Crippen molar-refractivity contribution in [2.75, 3.05) is 0 Å². The summed E-state index contributed by atoms with van der Waals surface area (Å²) in [5, 5.41) is 3.37. The lowest BCUT2D eigenvalue weighted by atomic mass is 10.1. The highest BCUT2D eigenvalue weighted by molar-refractivity contribution is 14.1. The summed E-state index contributed by atoms with van der Waals surface area (Å²) in [5.41, 5.74) is 1.51. The summed E-state index contributed by atoms with van der Waals surface area (Å²) >= 11 is 2.42. The predicted molar refractivity (Wildman–Crippen MR) is 55.5 cm³/mol. The Labute approximate surface area is 81.1 Å². The molecule has 0 aromatic carbocycles. The quantitative estimate of drug-likeness (QED) is 0.715. The van der Waals surface area contributed by atoms with Crippen LogP contribution < -0.4 is 5.32 Å². The highest BCUT2D eigenvalue weighted by Gasteiger charge is 2.26. The number of hydrogen-bond acceptors (Lipinski definition) is 1.